The quantitative estimate of drug-likeness (QED) is 0.662. The third-order valence-corrected chi connectivity index (χ3v) is 6.31. The fraction of sp³-hybridized carbons (Fsp3) is 0.381. The first-order chi connectivity index (χ1) is 14.2. The highest BCUT2D eigenvalue weighted by Gasteiger charge is 2.29. The van der Waals surface area contributed by atoms with E-state index in [-0.39, 0.29) is 23.6 Å². The molecule has 0 aromatic heterocycles. The van der Waals surface area contributed by atoms with Crippen molar-refractivity contribution < 1.29 is 27.4 Å². The first-order valence-corrected chi connectivity index (χ1v) is 11.1. The predicted octanol–water partition coefficient (Wildman–Crippen LogP) is 2.60. The maximum atomic E-state index is 12.9. The number of rotatable bonds is 8. The Morgan fingerprint density at radius 2 is 1.70 bits per heavy atom. The highest BCUT2D eigenvalue weighted by Crippen LogP contribution is 2.34. The molecule has 1 amide bonds. The molecule has 0 spiro atoms. The summed E-state index contributed by atoms with van der Waals surface area (Å²) in [5.41, 5.74) is 0.827. The van der Waals surface area contributed by atoms with Crippen LogP contribution in [0.4, 0.5) is 0 Å². The number of carbonyl (C=O) groups excluding carboxylic acids is 1. The van der Waals surface area contributed by atoms with Gasteiger partial charge in [0.15, 0.2) is 11.5 Å². The number of sulfonamides is 1. The lowest BCUT2D eigenvalue weighted by Crippen LogP contribution is -2.50. The molecule has 0 bridgehead atoms. The molecule has 0 fully saturated rings. The minimum absolute atomic E-state index is 0.0607. The van der Waals surface area contributed by atoms with E-state index in [9.17, 15) is 13.2 Å². The minimum atomic E-state index is -3.89. The van der Waals surface area contributed by atoms with Gasteiger partial charge in [0.2, 0.25) is 22.7 Å². The average Bonchev–Trinajstić information content (AvgIpc) is 3.19. The molecule has 0 saturated heterocycles. The SMILES string of the molecule is COc1ccc(S(=O)(=O)N[C@@H](C(=O)N[C@H](C)c2ccc3c(c2)OCO3)C(C)C)cc1. The molecule has 1 heterocycles. The number of hydrogen-bond donors (Lipinski definition) is 2. The highest BCUT2D eigenvalue weighted by atomic mass is 32.2. The minimum Gasteiger partial charge on any atom is -0.497 e. The first kappa shape index (κ1) is 21.9. The van der Waals surface area contributed by atoms with Crippen LogP contribution in [0.5, 0.6) is 17.2 Å². The second-order valence-corrected chi connectivity index (χ2v) is 9.08. The molecule has 8 nitrogen and oxygen atoms in total. The number of carbonyl (C=O) groups is 1. The van der Waals surface area contributed by atoms with Gasteiger partial charge in [-0.15, -0.1) is 0 Å². The summed E-state index contributed by atoms with van der Waals surface area (Å²) >= 11 is 0. The van der Waals surface area contributed by atoms with Crippen LogP contribution in [0, 0.1) is 5.92 Å². The molecule has 2 aromatic rings. The van der Waals surface area contributed by atoms with Crippen molar-refractivity contribution in [1.29, 1.82) is 0 Å². The van der Waals surface area contributed by atoms with E-state index in [1.54, 1.807) is 38.1 Å². The van der Waals surface area contributed by atoms with Gasteiger partial charge in [-0.05, 0) is 54.8 Å². The van der Waals surface area contributed by atoms with Crippen LogP contribution >= 0.6 is 0 Å². The number of hydrogen-bond acceptors (Lipinski definition) is 6. The summed E-state index contributed by atoms with van der Waals surface area (Å²) in [5.74, 6) is 1.15. The average molecular weight is 435 g/mol. The Balaban J connectivity index is 1.72. The van der Waals surface area contributed by atoms with Gasteiger partial charge in [0.05, 0.1) is 18.0 Å². The Hall–Kier alpha value is -2.78. The summed E-state index contributed by atoms with van der Waals surface area (Å²) in [6.45, 7) is 5.56. The highest BCUT2D eigenvalue weighted by molar-refractivity contribution is 7.89. The molecule has 1 aliphatic rings. The summed E-state index contributed by atoms with van der Waals surface area (Å²) in [6.07, 6.45) is 0. The molecule has 0 unspecified atom stereocenters. The van der Waals surface area contributed by atoms with Crippen LogP contribution in [0.2, 0.25) is 0 Å². The van der Waals surface area contributed by atoms with E-state index >= 15 is 0 Å². The zero-order chi connectivity index (χ0) is 21.9. The van der Waals surface area contributed by atoms with Crippen LogP contribution < -0.4 is 24.2 Å². The van der Waals surface area contributed by atoms with E-state index in [1.165, 1.54) is 19.2 Å². The van der Waals surface area contributed by atoms with Gasteiger partial charge < -0.3 is 19.5 Å². The number of fused-ring (bicyclic) bond motifs is 1. The Morgan fingerprint density at radius 3 is 2.33 bits per heavy atom. The molecule has 0 radical (unpaired) electrons. The van der Waals surface area contributed by atoms with Crippen molar-refractivity contribution in [2.75, 3.05) is 13.9 Å². The largest absolute Gasteiger partial charge is 0.497 e. The van der Waals surface area contributed by atoms with Crippen LogP contribution in [0.15, 0.2) is 47.4 Å². The van der Waals surface area contributed by atoms with Crippen molar-refractivity contribution in [3.05, 3.63) is 48.0 Å². The van der Waals surface area contributed by atoms with Gasteiger partial charge in [0.25, 0.3) is 0 Å². The summed E-state index contributed by atoms with van der Waals surface area (Å²) in [7, 11) is -2.38. The van der Waals surface area contributed by atoms with Crippen molar-refractivity contribution >= 4 is 15.9 Å². The van der Waals surface area contributed by atoms with Gasteiger partial charge >= 0.3 is 0 Å². The second-order valence-electron chi connectivity index (χ2n) is 7.36. The van der Waals surface area contributed by atoms with Crippen LogP contribution in [0.3, 0.4) is 0 Å². The fourth-order valence-electron chi connectivity index (χ4n) is 3.05. The Labute approximate surface area is 176 Å². The number of amides is 1. The predicted molar refractivity (Wildman–Crippen MR) is 111 cm³/mol. The van der Waals surface area contributed by atoms with Crippen LogP contribution in [0.1, 0.15) is 32.4 Å². The van der Waals surface area contributed by atoms with E-state index < -0.39 is 22.0 Å². The smallest absolute Gasteiger partial charge is 0.241 e. The molecule has 162 valence electrons. The van der Waals surface area contributed by atoms with Crippen molar-refractivity contribution in [3.63, 3.8) is 0 Å². The molecule has 1 aliphatic heterocycles. The number of nitrogens with one attached hydrogen (secondary N) is 2. The maximum Gasteiger partial charge on any atom is 0.241 e. The molecular formula is C21H26N2O6S. The van der Waals surface area contributed by atoms with Crippen molar-refractivity contribution in [2.45, 2.75) is 37.8 Å². The summed E-state index contributed by atoms with van der Waals surface area (Å²) in [6, 6.07) is 10.1. The molecule has 2 atom stereocenters. The van der Waals surface area contributed by atoms with Gasteiger partial charge in [0.1, 0.15) is 11.8 Å². The maximum absolute atomic E-state index is 12.9. The van der Waals surface area contributed by atoms with E-state index in [2.05, 4.69) is 10.0 Å². The van der Waals surface area contributed by atoms with Gasteiger partial charge in [-0.2, -0.15) is 4.72 Å². The molecule has 3 rings (SSSR count). The first-order valence-electron chi connectivity index (χ1n) is 9.57. The van der Waals surface area contributed by atoms with Crippen LogP contribution in [0.25, 0.3) is 0 Å². The third-order valence-electron chi connectivity index (χ3n) is 4.86. The zero-order valence-electron chi connectivity index (χ0n) is 17.3. The van der Waals surface area contributed by atoms with Crippen LogP contribution in [-0.2, 0) is 14.8 Å². The lowest BCUT2D eigenvalue weighted by Gasteiger charge is -2.24. The molecule has 0 aliphatic carbocycles. The lowest BCUT2D eigenvalue weighted by atomic mass is 10.0. The monoisotopic (exact) mass is 434 g/mol. The second kappa shape index (κ2) is 8.93. The summed E-state index contributed by atoms with van der Waals surface area (Å²) < 4.78 is 43.8. The van der Waals surface area contributed by atoms with Gasteiger partial charge in [-0.3, -0.25) is 4.79 Å². The lowest BCUT2D eigenvalue weighted by molar-refractivity contribution is -0.124. The summed E-state index contributed by atoms with van der Waals surface area (Å²) in [4.78, 5) is 13.0. The molecule has 2 aromatic carbocycles. The van der Waals surface area contributed by atoms with Crippen molar-refractivity contribution in [3.8, 4) is 17.2 Å². The van der Waals surface area contributed by atoms with Crippen molar-refractivity contribution in [1.82, 2.24) is 10.0 Å². The molecule has 2 N–H and O–H groups in total. The Morgan fingerprint density at radius 1 is 1.03 bits per heavy atom. The molecule has 0 saturated carbocycles. The number of ether oxygens (including phenoxy) is 3. The Bertz CT molecular complexity index is 1000. The zero-order valence-corrected chi connectivity index (χ0v) is 18.2. The fourth-order valence-corrected chi connectivity index (χ4v) is 4.40. The van der Waals surface area contributed by atoms with Gasteiger partial charge in [-0.25, -0.2) is 8.42 Å². The van der Waals surface area contributed by atoms with E-state index in [0.717, 1.165) is 5.56 Å². The van der Waals surface area contributed by atoms with Crippen LogP contribution in [-0.4, -0.2) is 34.3 Å². The van der Waals surface area contributed by atoms with E-state index in [0.29, 0.717) is 17.2 Å². The standard InChI is InChI=1S/C21H26N2O6S/c1-13(2)20(23-30(25,26)17-8-6-16(27-4)7-9-17)21(24)22-14(3)15-5-10-18-19(11-15)29-12-28-18/h5-11,13-14,20,23H,12H2,1-4H3,(H,22,24)/t14-,20-/m1/s1. The van der Waals surface area contributed by atoms with E-state index in [4.69, 9.17) is 14.2 Å². The molecule has 9 heteroatoms. The normalized spacial score (nSPS) is 15.0. The third kappa shape index (κ3) is 4.85. The number of methoxy groups -OCH3 is 1. The van der Waals surface area contributed by atoms with Crippen molar-refractivity contribution in [2.24, 2.45) is 5.92 Å². The van der Waals surface area contributed by atoms with E-state index in [1.807, 2.05) is 13.0 Å². The topological polar surface area (TPSA) is 103 Å². The molecule has 30 heavy (non-hydrogen) atoms. The summed E-state index contributed by atoms with van der Waals surface area (Å²) in [5, 5.41) is 2.88. The van der Waals surface area contributed by atoms with Gasteiger partial charge in [0, 0.05) is 0 Å². The molecular weight excluding hydrogens is 408 g/mol. The van der Waals surface area contributed by atoms with Gasteiger partial charge in [-0.1, -0.05) is 19.9 Å². The number of benzene rings is 2. The Kier molecular flexibility index (Phi) is 6.52.